The summed E-state index contributed by atoms with van der Waals surface area (Å²) in [4.78, 5) is 0. The summed E-state index contributed by atoms with van der Waals surface area (Å²) < 4.78 is 5.25. The molecule has 0 unspecified atom stereocenters. The highest BCUT2D eigenvalue weighted by atomic mass is 16.5. The Morgan fingerprint density at radius 1 is 1.05 bits per heavy atom. The number of nitrogens with one attached hydrogen (secondary N) is 1. The van der Waals surface area contributed by atoms with Gasteiger partial charge in [-0.25, -0.2) is 0 Å². The van der Waals surface area contributed by atoms with E-state index in [2.05, 4.69) is 54.7 Å². The second-order valence-corrected chi connectivity index (χ2v) is 4.69. The molecule has 2 nitrogen and oxygen atoms in total. The number of rotatable bonds is 6. The van der Waals surface area contributed by atoms with Crippen LogP contribution in [0.4, 0.5) is 0 Å². The minimum atomic E-state index is 0.332. The highest BCUT2D eigenvalue weighted by molar-refractivity contribution is 5.30. The fourth-order valence-corrected chi connectivity index (χ4v) is 2.11. The first-order valence-corrected chi connectivity index (χ1v) is 6.71. The van der Waals surface area contributed by atoms with Crippen LogP contribution in [0.5, 0.6) is 5.75 Å². The first kappa shape index (κ1) is 13.6. The van der Waals surface area contributed by atoms with Gasteiger partial charge in [0.2, 0.25) is 0 Å². The van der Waals surface area contributed by atoms with Crippen LogP contribution in [0.1, 0.15) is 24.1 Å². The average molecular weight is 255 g/mol. The molecule has 0 heterocycles. The van der Waals surface area contributed by atoms with Crippen molar-refractivity contribution in [3.63, 3.8) is 0 Å². The zero-order valence-electron chi connectivity index (χ0n) is 11.6. The molecule has 2 heteroatoms. The molecule has 2 aromatic carbocycles. The predicted octanol–water partition coefficient (Wildman–Crippen LogP) is 3.59. The molecule has 0 aliphatic carbocycles. The highest BCUT2D eigenvalue weighted by Crippen LogP contribution is 2.18. The fraction of sp³-hybridized carbons (Fsp3) is 0.294. The highest BCUT2D eigenvalue weighted by Gasteiger charge is 2.05. The van der Waals surface area contributed by atoms with Crippen LogP contribution >= 0.6 is 0 Å². The lowest BCUT2D eigenvalue weighted by atomic mass is 10.1. The van der Waals surface area contributed by atoms with Crippen LogP contribution in [0.25, 0.3) is 0 Å². The molecule has 0 radical (unpaired) electrons. The molecule has 19 heavy (non-hydrogen) atoms. The summed E-state index contributed by atoms with van der Waals surface area (Å²) in [6.07, 6.45) is 1.05. The van der Waals surface area contributed by atoms with Crippen molar-refractivity contribution in [3.05, 3.63) is 65.7 Å². The second-order valence-electron chi connectivity index (χ2n) is 4.69. The molecule has 2 rings (SSSR count). The summed E-state index contributed by atoms with van der Waals surface area (Å²) in [6, 6.07) is 19.1. The summed E-state index contributed by atoms with van der Waals surface area (Å²) in [5.41, 5.74) is 2.63. The van der Waals surface area contributed by atoms with E-state index >= 15 is 0 Å². The minimum absolute atomic E-state index is 0.332. The molecule has 0 saturated carbocycles. The van der Waals surface area contributed by atoms with Crippen LogP contribution in [0.3, 0.4) is 0 Å². The normalized spacial score (nSPS) is 12.1. The zero-order valence-corrected chi connectivity index (χ0v) is 11.6. The van der Waals surface area contributed by atoms with E-state index in [1.165, 1.54) is 11.1 Å². The lowest BCUT2D eigenvalue weighted by Gasteiger charge is -2.15. The molecule has 0 aliphatic heterocycles. The van der Waals surface area contributed by atoms with Crippen molar-refractivity contribution < 1.29 is 4.74 Å². The quantitative estimate of drug-likeness (QED) is 0.851. The van der Waals surface area contributed by atoms with Crippen molar-refractivity contribution in [2.45, 2.75) is 19.4 Å². The van der Waals surface area contributed by atoms with Gasteiger partial charge in [0.25, 0.3) is 0 Å². The standard InChI is InChI=1S/C17H21NO/c1-14(16-9-6-10-17(13-16)19-2)18-12-11-15-7-4-3-5-8-15/h3-10,13-14,18H,11-12H2,1-2H3/t14-/m0/s1. The van der Waals surface area contributed by atoms with Crippen LogP contribution in [-0.2, 0) is 6.42 Å². The molecule has 1 atom stereocenters. The van der Waals surface area contributed by atoms with Gasteiger partial charge in [-0.05, 0) is 43.1 Å². The molecular weight excluding hydrogens is 234 g/mol. The Morgan fingerprint density at radius 2 is 1.84 bits per heavy atom. The summed E-state index contributed by atoms with van der Waals surface area (Å²) in [7, 11) is 1.70. The van der Waals surface area contributed by atoms with E-state index in [1.807, 2.05) is 12.1 Å². The molecule has 1 N–H and O–H groups in total. The van der Waals surface area contributed by atoms with Crippen molar-refractivity contribution in [3.8, 4) is 5.75 Å². The summed E-state index contributed by atoms with van der Waals surface area (Å²) in [5, 5.41) is 3.54. The molecule has 0 spiro atoms. The lowest BCUT2D eigenvalue weighted by Crippen LogP contribution is -2.21. The maximum absolute atomic E-state index is 5.25. The topological polar surface area (TPSA) is 21.3 Å². The van der Waals surface area contributed by atoms with Gasteiger partial charge in [0.05, 0.1) is 7.11 Å². The maximum Gasteiger partial charge on any atom is 0.119 e. The largest absolute Gasteiger partial charge is 0.497 e. The third-order valence-corrected chi connectivity index (χ3v) is 3.30. The molecule has 0 aliphatic rings. The number of hydrogen-bond acceptors (Lipinski definition) is 2. The predicted molar refractivity (Wildman–Crippen MR) is 79.6 cm³/mol. The molecular formula is C17H21NO. The van der Waals surface area contributed by atoms with E-state index < -0.39 is 0 Å². The molecule has 0 aromatic heterocycles. The number of methoxy groups -OCH3 is 1. The molecule has 2 aromatic rings. The Hall–Kier alpha value is -1.80. The minimum Gasteiger partial charge on any atom is -0.497 e. The van der Waals surface area contributed by atoms with Gasteiger partial charge in [0.15, 0.2) is 0 Å². The van der Waals surface area contributed by atoms with E-state index in [-0.39, 0.29) is 0 Å². The molecule has 100 valence electrons. The Kier molecular flexibility index (Phi) is 4.99. The van der Waals surface area contributed by atoms with Crippen molar-refractivity contribution in [1.29, 1.82) is 0 Å². The Morgan fingerprint density at radius 3 is 2.58 bits per heavy atom. The van der Waals surface area contributed by atoms with Gasteiger partial charge in [-0.1, -0.05) is 42.5 Å². The van der Waals surface area contributed by atoms with Gasteiger partial charge in [0, 0.05) is 6.04 Å². The van der Waals surface area contributed by atoms with Gasteiger partial charge in [0.1, 0.15) is 5.75 Å². The Balaban J connectivity index is 1.85. The first-order chi connectivity index (χ1) is 9.29. The Labute approximate surface area is 115 Å². The molecule has 0 saturated heterocycles. The average Bonchev–Trinajstić information content (AvgIpc) is 2.48. The van der Waals surface area contributed by atoms with Crippen molar-refractivity contribution in [1.82, 2.24) is 5.32 Å². The van der Waals surface area contributed by atoms with Crippen LogP contribution in [0.2, 0.25) is 0 Å². The molecule has 0 amide bonds. The SMILES string of the molecule is COc1cccc([C@H](C)NCCc2ccccc2)c1. The van der Waals surface area contributed by atoms with Gasteiger partial charge < -0.3 is 10.1 Å². The van der Waals surface area contributed by atoms with E-state index in [4.69, 9.17) is 4.74 Å². The number of benzene rings is 2. The lowest BCUT2D eigenvalue weighted by molar-refractivity contribution is 0.413. The Bertz CT molecular complexity index is 496. The van der Waals surface area contributed by atoms with E-state index in [0.29, 0.717) is 6.04 Å². The van der Waals surface area contributed by atoms with Gasteiger partial charge in [-0.15, -0.1) is 0 Å². The molecule has 0 bridgehead atoms. The third-order valence-electron chi connectivity index (χ3n) is 3.30. The van der Waals surface area contributed by atoms with Gasteiger partial charge in [-0.2, -0.15) is 0 Å². The van der Waals surface area contributed by atoms with Gasteiger partial charge in [-0.3, -0.25) is 0 Å². The second kappa shape index (κ2) is 6.95. The van der Waals surface area contributed by atoms with E-state index in [1.54, 1.807) is 7.11 Å². The van der Waals surface area contributed by atoms with E-state index in [9.17, 15) is 0 Å². The third kappa shape index (κ3) is 4.11. The zero-order chi connectivity index (χ0) is 13.5. The van der Waals surface area contributed by atoms with Crippen molar-refractivity contribution in [2.24, 2.45) is 0 Å². The van der Waals surface area contributed by atoms with E-state index in [0.717, 1.165) is 18.7 Å². The smallest absolute Gasteiger partial charge is 0.119 e. The fourth-order valence-electron chi connectivity index (χ4n) is 2.11. The molecule has 0 fully saturated rings. The summed E-state index contributed by atoms with van der Waals surface area (Å²) in [5.74, 6) is 0.911. The summed E-state index contributed by atoms with van der Waals surface area (Å²) >= 11 is 0. The number of hydrogen-bond donors (Lipinski definition) is 1. The van der Waals surface area contributed by atoms with Crippen LogP contribution in [0.15, 0.2) is 54.6 Å². The van der Waals surface area contributed by atoms with Crippen LogP contribution in [0, 0.1) is 0 Å². The number of ether oxygens (including phenoxy) is 1. The monoisotopic (exact) mass is 255 g/mol. The maximum atomic E-state index is 5.25. The first-order valence-electron chi connectivity index (χ1n) is 6.71. The van der Waals surface area contributed by atoms with Crippen molar-refractivity contribution in [2.75, 3.05) is 13.7 Å². The van der Waals surface area contributed by atoms with Crippen LogP contribution in [-0.4, -0.2) is 13.7 Å². The van der Waals surface area contributed by atoms with Gasteiger partial charge >= 0.3 is 0 Å². The van der Waals surface area contributed by atoms with Crippen molar-refractivity contribution >= 4 is 0 Å². The summed E-state index contributed by atoms with van der Waals surface area (Å²) in [6.45, 7) is 3.15. The van der Waals surface area contributed by atoms with Crippen LogP contribution < -0.4 is 10.1 Å².